The van der Waals surface area contributed by atoms with Crippen LogP contribution in [0.1, 0.15) is 56.1 Å². The van der Waals surface area contributed by atoms with Gasteiger partial charge in [-0.3, -0.25) is 4.79 Å². The molecule has 3 rings (SSSR count). The Morgan fingerprint density at radius 3 is 2.56 bits per heavy atom. The third-order valence-corrected chi connectivity index (χ3v) is 6.66. The maximum Gasteiger partial charge on any atom is 0.240 e. The molecule has 25 heavy (non-hydrogen) atoms. The van der Waals surface area contributed by atoms with Crippen molar-refractivity contribution in [2.75, 3.05) is 19.6 Å². The molecule has 0 spiro atoms. The smallest absolute Gasteiger partial charge is 0.240 e. The first-order valence-electron chi connectivity index (χ1n) is 9.45. The minimum Gasteiger partial charge on any atom is -0.343 e. The van der Waals surface area contributed by atoms with Crippen LogP contribution >= 0.6 is 0 Å². The second-order valence-electron chi connectivity index (χ2n) is 7.08. The fraction of sp³-hybridized carbons (Fsp3) is 0.632. The predicted octanol–water partition coefficient (Wildman–Crippen LogP) is 2.64. The summed E-state index contributed by atoms with van der Waals surface area (Å²) in [6.45, 7) is 1.80. The molecule has 1 saturated heterocycles. The standard InChI is InChI=1S/C19H28N2O3S/c22-19-9-2-1-5-13-21(19)14-6-12-20-25(23,24)18-11-10-16-7-3-4-8-17(16)15-18/h10-11,15,20H,1-9,12-14H2. The van der Waals surface area contributed by atoms with Crippen LogP contribution in [0.5, 0.6) is 0 Å². The van der Waals surface area contributed by atoms with Crippen molar-refractivity contribution in [3.8, 4) is 0 Å². The SMILES string of the molecule is O=C1CCCCCN1CCCNS(=O)(=O)c1ccc2c(c1)CCCC2. The Labute approximate surface area is 150 Å². The van der Waals surface area contributed by atoms with Gasteiger partial charge in [-0.15, -0.1) is 0 Å². The molecule has 1 fully saturated rings. The Morgan fingerprint density at radius 2 is 1.72 bits per heavy atom. The molecule has 0 radical (unpaired) electrons. The van der Waals surface area contributed by atoms with Gasteiger partial charge in [0.1, 0.15) is 0 Å². The van der Waals surface area contributed by atoms with Gasteiger partial charge in [-0.2, -0.15) is 0 Å². The Hall–Kier alpha value is -1.40. The van der Waals surface area contributed by atoms with E-state index in [2.05, 4.69) is 4.72 Å². The van der Waals surface area contributed by atoms with Crippen LogP contribution < -0.4 is 4.72 Å². The number of benzene rings is 1. The van der Waals surface area contributed by atoms with E-state index in [1.807, 2.05) is 17.0 Å². The number of nitrogens with zero attached hydrogens (tertiary/aromatic N) is 1. The van der Waals surface area contributed by atoms with Gasteiger partial charge in [0.25, 0.3) is 0 Å². The van der Waals surface area contributed by atoms with E-state index in [0.29, 0.717) is 30.8 Å². The van der Waals surface area contributed by atoms with Crippen LogP contribution in [0, 0.1) is 0 Å². The van der Waals surface area contributed by atoms with Crippen LogP contribution in [0.4, 0.5) is 0 Å². The van der Waals surface area contributed by atoms with E-state index in [1.54, 1.807) is 6.07 Å². The number of fused-ring (bicyclic) bond motifs is 1. The number of sulfonamides is 1. The summed E-state index contributed by atoms with van der Waals surface area (Å²) in [6.07, 6.45) is 8.74. The third-order valence-electron chi connectivity index (χ3n) is 5.20. The molecular weight excluding hydrogens is 336 g/mol. The molecule has 1 aliphatic heterocycles. The highest BCUT2D eigenvalue weighted by atomic mass is 32.2. The molecule has 1 aliphatic carbocycles. The lowest BCUT2D eigenvalue weighted by molar-refractivity contribution is -0.130. The Bertz CT molecular complexity index is 715. The van der Waals surface area contributed by atoms with E-state index in [9.17, 15) is 13.2 Å². The number of carbonyl (C=O) groups excluding carboxylic acids is 1. The van der Waals surface area contributed by atoms with Gasteiger partial charge in [-0.05, 0) is 68.2 Å². The summed E-state index contributed by atoms with van der Waals surface area (Å²) in [5.41, 5.74) is 2.45. The van der Waals surface area contributed by atoms with Gasteiger partial charge in [0.05, 0.1) is 4.90 Å². The van der Waals surface area contributed by atoms with Crippen molar-refractivity contribution >= 4 is 15.9 Å². The highest BCUT2D eigenvalue weighted by Gasteiger charge is 2.19. The van der Waals surface area contributed by atoms with Crippen molar-refractivity contribution in [1.82, 2.24) is 9.62 Å². The zero-order valence-corrected chi connectivity index (χ0v) is 15.6. The molecule has 1 aromatic rings. The van der Waals surface area contributed by atoms with Gasteiger partial charge in [0.2, 0.25) is 15.9 Å². The summed E-state index contributed by atoms with van der Waals surface area (Å²) in [6, 6.07) is 5.50. The zero-order valence-electron chi connectivity index (χ0n) is 14.8. The number of aryl methyl sites for hydroxylation is 2. The monoisotopic (exact) mass is 364 g/mol. The fourth-order valence-electron chi connectivity index (χ4n) is 3.71. The largest absolute Gasteiger partial charge is 0.343 e. The van der Waals surface area contributed by atoms with Crippen LogP contribution in [0.15, 0.2) is 23.1 Å². The molecule has 2 aliphatic rings. The van der Waals surface area contributed by atoms with Crippen molar-refractivity contribution in [2.45, 2.75) is 62.7 Å². The van der Waals surface area contributed by atoms with Crippen molar-refractivity contribution < 1.29 is 13.2 Å². The van der Waals surface area contributed by atoms with E-state index in [-0.39, 0.29) is 5.91 Å². The summed E-state index contributed by atoms with van der Waals surface area (Å²) in [5, 5.41) is 0. The molecule has 0 aromatic heterocycles. The van der Waals surface area contributed by atoms with Crippen LogP contribution in [-0.4, -0.2) is 38.9 Å². The molecule has 1 heterocycles. The molecule has 1 aromatic carbocycles. The second-order valence-corrected chi connectivity index (χ2v) is 8.85. The highest BCUT2D eigenvalue weighted by Crippen LogP contribution is 2.24. The summed E-state index contributed by atoms with van der Waals surface area (Å²) >= 11 is 0. The first kappa shape index (κ1) is 18.4. The Morgan fingerprint density at radius 1 is 0.960 bits per heavy atom. The van der Waals surface area contributed by atoms with Crippen molar-refractivity contribution in [3.63, 3.8) is 0 Å². The van der Waals surface area contributed by atoms with Gasteiger partial charge >= 0.3 is 0 Å². The Kier molecular flexibility index (Phi) is 6.12. The quantitative estimate of drug-likeness (QED) is 0.789. The molecule has 0 bridgehead atoms. The van der Waals surface area contributed by atoms with Crippen LogP contribution in [0.3, 0.4) is 0 Å². The highest BCUT2D eigenvalue weighted by molar-refractivity contribution is 7.89. The molecule has 1 amide bonds. The molecule has 5 nitrogen and oxygen atoms in total. The number of rotatable bonds is 6. The fourth-order valence-corrected chi connectivity index (χ4v) is 4.84. The topological polar surface area (TPSA) is 66.5 Å². The van der Waals surface area contributed by atoms with Gasteiger partial charge < -0.3 is 4.90 Å². The van der Waals surface area contributed by atoms with Crippen molar-refractivity contribution in [1.29, 1.82) is 0 Å². The van der Waals surface area contributed by atoms with Crippen molar-refractivity contribution in [3.05, 3.63) is 29.3 Å². The van der Waals surface area contributed by atoms with Crippen molar-refractivity contribution in [2.24, 2.45) is 0 Å². The number of nitrogens with one attached hydrogen (secondary N) is 1. The number of likely N-dealkylation sites (tertiary alicyclic amines) is 1. The van der Waals surface area contributed by atoms with Gasteiger partial charge in [0.15, 0.2) is 0 Å². The normalized spacial score (nSPS) is 18.7. The molecule has 0 unspecified atom stereocenters. The third kappa shape index (κ3) is 4.82. The summed E-state index contributed by atoms with van der Waals surface area (Å²) in [4.78, 5) is 14.2. The molecule has 138 valence electrons. The Balaban J connectivity index is 1.52. The molecule has 1 N–H and O–H groups in total. The van der Waals surface area contributed by atoms with E-state index in [1.165, 1.54) is 17.5 Å². The van der Waals surface area contributed by atoms with Crippen LogP contribution in [-0.2, 0) is 27.7 Å². The summed E-state index contributed by atoms with van der Waals surface area (Å²) in [7, 11) is -3.47. The van der Waals surface area contributed by atoms with Gasteiger partial charge in [-0.25, -0.2) is 13.1 Å². The summed E-state index contributed by atoms with van der Waals surface area (Å²) < 4.78 is 27.7. The average molecular weight is 365 g/mol. The zero-order chi connectivity index (χ0) is 17.7. The molecule has 0 atom stereocenters. The molecular formula is C19H28N2O3S. The lowest BCUT2D eigenvalue weighted by atomic mass is 9.92. The van der Waals surface area contributed by atoms with E-state index in [0.717, 1.165) is 45.1 Å². The first-order chi connectivity index (χ1) is 12.1. The maximum atomic E-state index is 12.5. The number of carbonyl (C=O) groups is 1. The number of amides is 1. The lowest BCUT2D eigenvalue weighted by Gasteiger charge is -2.20. The lowest BCUT2D eigenvalue weighted by Crippen LogP contribution is -2.34. The number of hydrogen-bond acceptors (Lipinski definition) is 3. The van der Waals surface area contributed by atoms with Gasteiger partial charge in [0, 0.05) is 26.1 Å². The van der Waals surface area contributed by atoms with Crippen LogP contribution in [0.25, 0.3) is 0 Å². The van der Waals surface area contributed by atoms with E-state index in [4.69, 9.17) is 0 Å². The minimum absolute atomic E-state index is 0.204. The maximum absolute atomic E-state index is 12.5. The minimum atomic E-state index is -3.47. The van der Waals surface area contributed by atoms with Gasteiger partial charge in [-0.1, -0.05) is 12.5 Å². The second kappa shape index (κ2) is 8.32. The summed E-state index contributed by atoms with van der Waals surface area (Å²) in [5.74, 6) is 0.204. The molecule has 6 heteroatoms. The first-order valence-corrected chi connectivity index (χ1v) is 10.9. The predicted molar refractivity (Wildman–Crippen MR) is 97.9 cm³/mol. The van der Waals surface area contributed by atoms with E-state index < -0.39 is 10.0 Å². The number of hydrogen-bond donors (Lipinski definition) is 1. The average Bonchev–Trinajstić information content (AvgIpc) is 2.82. The van der Waals surface area contributed by atoms with E-state index >= 15 is 0 Å². The molecule has 0 saturated carbocycles. The van der Waals surface area contributed by atoms with Crippen LogP contribution in [0.2, 0.25) is 0 Å².